The van der Waals surface area contributed by atoms with Gasteiger partial charge in [-0.3, -0.25) is 9.59 Å². The zero-order chi connectivity index (χ0) is 19.6. The average Bonchev–Trinajstić information content (AvgIpc) is 2.66. The Bertz CT molecular complexity index is 908. The lowest BCUT2D eigenvalue weighted by molar-refractivity contribution is -0.148. The van der Waals surface area contributed by atoms with Crippen molar-refractivity contribution >= 4 is 46.5 Å². The monoisotopic (exact) mass is 429 g/mol. The minimum atomic E-state index is -0.511. The van der Waals surface area contributed by atoms with Crippen molar-refractivity contribution in [2.45, 2.75) is 19.8 Å². The fourth-order valence-corrected chi connectivity index (χ4v) is 3.64. The van der Waals surface area contributed by atoms with E-state index in [9.17, 15) is 9.59 Å². The molecular weight excluding hydrogens is 413 g/mol. The number of hydrogen-bond donors (Lipinski definition) is 0. The number of esters is 1. The Balaban J connectivity index is 1.78. The average molecular weight is 431 g/mol. The van der Waals surface area contributed by atoms with Gasteiger partial charge in [-0.2, -0.15) is 9.78 Å². The van der Waals surface area contributed by atoms with Crippen molar-refractivity contribution in [3.8, 4) is 5.69 Å². The number of carbonyl (C=O) groups is 1. The smallest absolute Gasteiger partial charge is 0.309 e. The maximum atomic E-state index is 12.2. The maximum absolute atomic E-state index is 12.2. The molecule has 0 atom stereocenters. The molecule has 1 saturated heterocycles. The van der Waals surface area contributed by atoms with E-state index in [-0.39, 0.29) is 21.9 Å². The van der Waals surface area contributed by atoms with E-state index < -0.39 is 5.56 Å². The van der Waals surface area contributed by atoms with Crippen LogP contribution in [0.5, 0.6) is 0 Å². The largest absolute Gasteiger partial charge is 0.466 e. The summed E-state index contributed by atoms with van der Waals surface area (Å²) in [5, 5.41) is 4.50. The van der Waals surface area contributed by atoms with E-state index in [1.165, 1.54) is 6.20 Å². The standard InChI is InChI=1S/C18H18Cl3N3O3/c1-2-27-18(26)11-5-7-23(8-6-11)15-4-3-12(9-13(15)19)24-17(25)16(21)14(20)10-22-24/h3-4,9-11H,2,5-8H2,1H3. The van der Waals surface area contributed by atoms with E-state index >= 15 is 0 Å². The first kappa shape index (κ1) is 20.0. The molecule has 0 N–H and O–H groups in total. The Morgan fingerprint density at radius 3 is 2.56 bits per heavy atom. The van der Waals surface area contributed by atoms with Crippen LogP contribution in [0.1, 0.15) is 19.8 Å². The molecule has 0 aliphatic carbocycles. The second kappa shape index (κ2) is 8.50. The predicted molar refractivity (Wildman–Crippen MR) is 106 cm³/mol. The fraction of sp³-hybridized carbons (Fsp3) is 0.389. The van der Waals surface area contributed by atoms with Crippen LogP contribution in [0.15, 0.2) is 29.2 Å². The van der Waals surface area contributed by atoms with Gasteiger partial charge in [0.15, 0.2) is 0 Å². The van der Waals surface area contributed by atoms with E-state index in [1.54, 1.807) is 12.1 Å². The molecule has 27 heavy (non-hydrogen) atoms. The number of anilines is 1. The molecule has 6 nitrogen and oxygen atoms in total. The lowest BCUT2D eigenvalue weighted by Crippen LogP contribution is -2.37. The molecule has 3 rings (SSSR count). The molecule has 0 unspecified atom stereocenters. The number of ether oxygens (including phenoxy) is 1. The van der Waals surface area contributed by atoms with Gasteiger partial charge in [0.2, 0.25) is 0 Å². The number of aromatic nitrogens is 2. The van der Waals surface area contributed by atoms with E-state index in [1.807, 2.05) is 13.0 Å². The molecule has 1 aliphatic heterocycles. The zero-order valence-corrected chi connectivity index (χ0v) is 16.9. The minimum Gasteiger partial charge on any atom is -0.466 e. The van der Waals surface area contributed by atoms with Crippen molar-refractivity contribution in [3.63, 3.8) is 0 Å². The molecule has 0 radical (unpaired) electrons. The van der Waals surface area contributed by atoms with Crippen molar-refractivity contribution < 1.29 is 9.53 Å². The van der Waals surface area contributed by atoms with E-state index in [0.717, 1.165) is 10.4 Å². The molecule has 144 valence electrons. The Morgan fingerprint density at radius 2 is 1.93 bits per heavy atom. The Kier molecular flexibility index (Phi) is 6.29. The normalized spacial score (nSPS) is 15.0. The number of piperidine rings is 1. The highest BCUT2D eigenvalue weighted by Crippen LogP contribution is 2.31. The number of rotatable bonds is 4. The van der Waals surface area contributed by atoms with E-state index in [0.29, 0.717) is 43.2 Å². The first-order valence-corrected chi connectivity index (χ1v) is 9.70. The third-order valence-electron chi connectivity index (χ3n) is 4.51. The predicted octanol–water partition coefficient (Wildman–Crippen LogP) is 3.97. The third-order valence-corrected chi connectivity index (χ3v) is 5.56. The Labute approximate surface area is 171 Å². The van der Waals surface area contributed by atoms with Crippen LogP contribution in [0.3, 0.4) is 0 Å². The molecular formula is C18H18Cl3N3O3. The Morgan fingerprint density at radius 1 is 1.22 bits per heavy atom. The zero-order valence-electron chi connectivity index (χ0n) is 14.6. The summed E-state index contributed by atoms with van der Waals surface area (Å²) in [4.78, 5) is 26.2. The first-order chi connectivity index (χ1) is 12.9. The van der Waals surface area contributed by atoms with Crippen LogP contribution in [0.4, 0.5) is 5.69 Å². The van der Waals surface area contributed by atoms with Crippen LogP contribution < -0.4 is 10.5 Å². The second-order valence-electron chi connectivity index (χ2n) is 6.17. The highest BCUT2D eigenvalue weighted by molar-refractivity contribution is 6.41. The second-order valence-corrected chi connectivity index (χ2v) is 7.36. The van der Waals surface area contributed by atoms with Crippen LogP contribution in [0.2, 0.25) is 15.1 Å². The number of benzene rings is 1. The molecule has 9 heteroatoms. The van der Waals surface area contributed by atoms with Gasteiger partial charge < -0.3 is 9.64 Å². The molecule has 1 fully saturated rings. The SMILES string of the molecule is CCOC(=O)C1CCN(c2ccc(-n3ncc(Cl)c(Cl)c3=O)cc2Cl)CC1. The van der Waals surface area contributed by atoms with Gasteiger partial charge in [0.1, 0.15) is 5.02 Å². The molecule has 0 bridgehead atoms. The van der Waals surface area contributed by atoms with Crippen LogP contribution >= 0.6 is 34.8 Å². The summed E-state index contributed by atoms with van der Waals surface area (Å²) in [7, 11) is 0. The van der Waals surface area contributed by atoms with Crippen molar-refractivity contribution in [3.05, 3.63) is 49.8 Å². The summed E-state index contributed by atoms with van der Waals surface area (Å²) >= 11 is 18.2. The number of halogens is 3. The van der Waals surface area contributed by atoms with Crippen molar-refractivity contribution in [1.82, 2.24) is 9.78 Å². The van der Waals surface area contributed by atoms with Gasteiger partial charge >= 0.3 is 5.97 Å². The van der Waals surface area contributed by atoms with Gasteiger partial charge in [0.25, 0.3) is 5.56 Å². The Hall–Kier alpha value is -1.76. The first-order valence-electron chi connectivity index (χ1n) is 8.57. The molecule has 1 aromatic carbocycles. The lowest BCUT2D eigenvalue weighted by Gasteiger charge is -2.33. The topological polar surface area (TPSA) is 64.4 Å². The van der Waals surface area contributed by atoms with E-state index in [4.69, 9.17) is 39.5 Å². The van der Waals surface area contributed by atoms with Crippen molar-refractivity contribution in [2.24, 2.45) is 5.92 Å². The lowest BCUT2D eigenvalue weighted by atomic mass is 9.96. The molecule has 1 aliphatic rings. The molecule has 0 amide bonds. The summed E-state index contributed by atoms with van der Waals surface area (Å²) < 4.78 is 6.25. The molecule has 1 aromatic heterocycles. The van der Waals surface area contributed by atoms with Crippen molar-refractivity contribution in [1.29, 1.82) is 0 Å². The third kappa shape index (κ3) is 4.23. The summed E-state index contributed by atoms with van der Waals surface area (Å²) in [6.45, 7) is 3.61. The number of nitrogens with zero attached hydrogens (tertiary/aromatic N) is 3. The highest BCUT2D eigenvalue weighted by atomic mass is 35.5. The van der Waals surface area contributed by atoms with Crippen LogP contribution in [0, 0.1) is 5.92 Å². The van der Waals surface area contributed by atoms with Gasteiger partial charge in [0, 0.05) is 13.1 Å². The highest BCUT2D eigenvalue weighted by Gasteiger charge is 2.27. The summed E-state index contributed by atoms with van der Waals surface area (Å²) in [5.41, 5.74) is 0.827. The van der Waals surface area contributed by atoms with Crippen molar-refractivity contribution in [2.75, 3.05) is 24.6 Å². The van der Waals surface area contributed by atoms with Crippen LogP contribution in [-0.4, -0.2) is 35.4 Å². The van der Waals surface area contributed by atoms with E-state index in [2.05, 4.69) is 10.00 Å². The summed E-state index contributed by atoms with van der Waals surface area (Å²) in [5.74, 6) is -0.207. The maximum Gasteiger partial charge on any atom is 0.309 e. The van der Waals surface area contributed by atoms with Gasteiger partial charge in [-0.15, -0.1) is 0 Å². The minimum absolute atomic E-state index is 0.0711. The quantitative estimate of drug-likeness (QED) is 0.687. The fourth-order valence-electron chi connectivity index (χ4n) is 3.10. The van der Waals surface area contributed by atoms with Gasteiger partial charge in [0.05, 0.1) is 40.1 Å². The molecule has 0 spiro atoms. The van der Waals surface area contributed by atoms with Gasteiger partial charge in [-0.05, 0) is 38.0 Å². The molecule has 2 heterocycles. The summed E-state index contributed by atoms with van der Waals surface area (Å²) in [6, 6.07) is 5.24. The van der Waals surface area contributed by atoms with Gasteiger partial charge in [-0.25, -0.2) is 0 Å². The molecule has 2 aromatic rings. The van der Waals surface area contributed by atoms with Gasteiger partial charge in [-0.1, -0.05) is 34.8 Å². The van der Waals surface area contributed by atoms with Crippen LogP contribution in [-0.2, 0) is 9.53 Å². The van der Waals surface area contributed by atoms with Crippen LogP contribution in [0.25, 0.3) is 5.69 Å². The molecule has 0 saturated carbocycles. The summed E-state index contributed by atoms with van der Waals surface area (Å²) in [6.07, 6.45) is 2.74. The number of hydrogen-bond acceptors (Lipinski definition) is 5. The number of carbonyl (C=O) groups excluding carboxylic acids is 1.